The number of benzene rings is 1. The topological polar surface area (TPSA) is 25.2 Å². The van der Waals surface area contributed by atoms with Crippen LogP contribution >= 0.6 is 12.6 Å². The molecule has 0 bridgehead atoms. The molecule has 0 N–H and O–H groups in total. The van der Waals surface area contributed by atoms with Gasteiger partial charge in [-0.3, -0.25) is 4.79 Å². The van der Waals surface area contributed by atoms with Crippen LogP contribution in [-0.4, -0.2) is 29.5 Å². The number of carbonyl (C=O) groups excluding carboxylic acids is 1. The summed E-state index contributed by atoms with van der Waals surface area (Å²) in [6.07, 6.45) is 1.96. The highest BCUT2D eigenvalue weighted by atomic mass is 32.1. The predicted octanol–water partition coefficient (Wildman–Crippen LogP) is 2.68. The zero-order chi connectivity index (χ0) is 13.3. The number of nitrogens with zero attached hydrogens (tertiary/aromatic N) is 2. The van der Waals surface area contributed by atoms with Crippen LogP contribution in [0.25, 0.3) is 11.1 Å². The molecular weight excluding hydrogens is 244 g/mol. The molecule has 4 heteroatoms. The van der Waals surface area contributed by atoms with Crippen LogP contribution in [0.3, 0.4) is 0 Å². The van der Waals surface area contributed by atoms with Crippen LogP contribution in [0.2, 0.25) is 0 Å². The third-order valence-corrected chi connectivity index (χ3v) is 3.09. The average Bonchev–Trinajstić information content (AvgIpc) is 2.70. The van der Waals surface area contributed by atoms with Crippen molar-refractivity contribution in [2.24, 2.45) is 7.05 Å². The van der Waals surface area contributed by atoms with Crippen molar-refractivity contribution in [1.29, 1.82) is 0 Å². The molecule has 0 aliphatic heterocycles. The molecule has 94 valence electrons. The van der Waals surface area contributed by atoms with E-state index in [4.69, 9.17) is 0 Å². The molecule has 0 saturated heterocycles. The van der Waals surface area contributed by atoms with Crippen molar-refractivity contribution >= 4 is 18.5 Å². The van der Waals surface area contributed by atoms with Crippen molar-refractivity contribution in [2.75, 3.05) is 14.1 Å². The zero-order valence-electron chi connectivity index (χ0n) is 10.7. The van der Waals surface area contributed by atoms with Gasteiger partial charge in [-0.1, -0.05) is 12.1 Å². The van der Waals surface area contributed by atoms with E-state index in [0.717, 1.165) is 16.0 Å². The maximum Gasteiger partial charge on any atom is 0.269 e. The lowest BCUT2D eigenvalue weighted by Gasteiger charge is -2.10. The average molecular weight is 260 g/mol. The van der Waals surface area contributed by atoms with Gasteiger partial charge in [0, 0.05) is 37.8 Å². The lowest BCUT2D eigenvalue weighted by atomic mass is 10.1. The normalized spacial score (nSPS) is 10.4. The Kier molecular flexibility index (Phi) is 3.48. The van der Waals surface area contributed by atoms with Gasteiger partial charge in [0.1, 0.15) is 5.69 Å². The smallest absolute Gasteiger partial charge is 0.269 e. The van der Waals surface area contributed by atoms with Crippen molar-refractivity contribution in [1.82, 2.24) is 9.47 Å². The van der Waals surface area contributed by atoms with Gasteiger partial charge in [-0.05, 0) is 23.8 Å². The summed E-state index contributed by atoms with van der Waals surface area (Å²) in [5, 5.41) is 0. The number of amides is 1. The summed E-state index contributed by atoms with van der Waals surface area (Å²) in [7, 11) is 5.39. The molecule has 18 heavy (non-hydrogen) atoms. The fourth-order valence-corrected chi connectivity index (χ4v) is 2.07. The minimum atomic E-state index is 0.00535. The molecule has 1 heterocycles. The second-order valence-corrected chi connectivity index (χ2v) is 4.99. The van der Waals surface area contributed by atoms with Gasteiger partial charge in [0.2, 0.25) is 0 Å². The summed E-state index contributed by atoms with van der Waals surface area (Å²) in [6.45, 7) is 0. The Balaban J connectivity index is 2.43. The molecule has 0 aliphatic rings. The highest BCUT2D eigenvalue weighted by Crippen LogP contribution is 2.24. The number of carbonyl (C=O) groups is 1. The van der Waals surface area contributed by atoms with Crippen molar-refractivity contribution in [2.45, 2.75) is 4.90 Å². The number of aryl methyl sites for hydroxylation is 1. The summed E-state index contributed by atoms with van der Waals surface area (Å²) in [6, 6.07) is 9.80. The fraction of sp³-hybridized carbons (Fsp3) is 0.214. The lowest BCUT2D eigenvalue weighted by molar-refractivity contribution is 0.0818. The molecule has 0 spiro atoms. The molecular formula is C14H16N2OS. The molecule has 0 saturated carbocycles. The Bertz CT molecular complexity index is 587. The molecule has 0 atom stereocenters. The Morgan fingerprint density at radius 3 is 2.56 bits per heavy atom. The van der Waals surface area contributed by atoms with Crippen LogP contribution in [-0.2, 0) is 7.05 Å². The Morgan fingerprint density at radius 2 is 1.94 bits per heavy atom. The van der Waals surface area contributed by atoms with Crippen molar-refractivity contribution < 1.29 is 4.79 Å². The summed E-state index contributed by atoms with van der Waals surface area (Å²) >= 11 is 4.33. The van der Waals surface area contributed by atoms with Crippen LogP contribution < -0.4 is 0 Å². The van der Waals surface area contributed by atoms with E-state index in [1.807, 2.05) is 48.1 Å². The molecule has 1 amide bonds. The first-order valence-corrected chi connectivity index (χ1v) is 6.11. The van der Waals surface area contributed by atoms with E-state index < -0.39 is 0 Å². The third-order valence-electron chi connectivity index (χ3n) is 2.81. The second kappa shape index (κ2) is 4.90. The van der Waals surface area contributed by atoms with Crippen LogP contribution in [0, 0.1) is 0 Å². The first kappa shape index (κ1) is 12.8. The van der Waals surface area contributed by atoms with Crippen LogP contribution in [0.15, 0.2) is 41.4 Å². The number of aromatic nitrogens is 1. The quantitative estimate of drug-likeness (QED) is 0.825. The van der Waals surface area contributed by atoms with E-state index in [1.54, 1.807) is 19.0 Å². The van der Waals surface area contributed by atoms with E-state index >= 15 is 0 Å². The first-order valence-electron chi connectivity index (χ1n) is 5.66. The van der Waals surface area contributed by atoms with Crippen LogP contribution in [0.4, 0.5) is 0 Å². The van der Waals surface area contributed by atoms with Gasteiger partial charge >= 0.3 is 0 Å². The summed E-state index contributed by atoms with van der Waals surface area (Å²) in [4.78, 5) is 14.5. The monoisotopic (exact) mass is 260 g/mol. The SMILES string of the molecule is CN(C)C(=O)c1cc(-c2cccc(S)c2)cn1C. The van der Waals surface area contributed by atoms with Gasteiger partial charge in [-0.2, -0.15) is 0 Å². The van der Waals surface area contributed by atoms with E-state index in [-0.39, 0.29) is 5.91 Å². The molecule has 2 rings (SSSR count). The van der Waals surface area contributed by atoms with Crippen molar-refractivity contribution in [3.05, 3.63) is 42.2 Å². The minimum absolute atomic E-state index is 0.00535. The Hall–Kier alpha value is -1.68. The highest BCUT2D eigenvalue weighted by molar-refractivity contribution is 7.80. The molecule has 0 unspecified atom stereocenters. The van der Waals surface area contributed by atoms with Gasteiger partial charge in [-0.25, -0.2) is 0 Å². The van der Waals surface area contributed by atoms with Gasteiger partial charge in [0.15, 0.2) is 0 Å². The number of hydrogen-bond acceptors (Lipinski definition) is 2. The van der Waals surface area contributed by atoms with Gasteiger partial charge in [0.25, 0.3) is 5.91 Å². The molecule has 3 nitrogen and oxygen atoms in total. The van der Waals surface area contributed by atoms with E-state index in [0.29, 0.717) is 5.69 Å². The second-order valence-electron chi connectivity index (χ2n) is 4.47. The first-order chi connectivity index (χ1) is 8.49. The lowest BCUT2D eigenvalue weighted by Crippen LogP contribution is -2.23. The molecule has 1 aromatic heterocycles. The Labute approximate surface area is 112 Å². The van der Waals surface area contributed by atoms with Crippen LogP contribution in [0.5, 0.6) is 0 Å². The zero-order valence-corrected chi connectivity index (χ0v) is 11.6. The van der Waals surface area contributed by atoms with Crippen molar-refractivity contribution in [3.63, 3.8) is 0 Å². The summed E-state index contributed by atoms with van der Waals surface area (Å²) in [5.74, 6) is 0.00535. The summed E-state index contributed by atoms with van der Waals surface area (Å²) < 4.78 is 1.85. The highest BCUT2D eigenvalue weighted by Gasteiger charge is 2.14. The van der Waals surface area contributed by atoms with Gasteiger partial charge in [-0.15, -0.1) is 12.6 Å². The van der Waals surface area contributed by atoms with Gasteiger partial charge in [0.05, 0.1) is 0 Å². The van der Waals surface area contributed by atoms with Crippen molar-refractivity contribution in [3.8, 4) is 11.1 Å². The van der Waals surface area contributed by atoms with E-state index in [1.165, 1.54) is 0 Å². The maximum atomic E-state index is 12.0. The number of hydrogen-bond donors (Lipinski definition) is 1. The van der Waals surface area contributed by atoms with Gasteiger partial charge < -0.3 is 9.47 Å². The molecule has 0 aliphatic carbocycles. The standard InChI is InChI=1S/C14H16N2OS/c1-15(2)14(17)13-8-11(9-16(13)3)10-5-4-6-12(18)7-10/h4-9,18H,1-3H3. The largest absolute Gasteiger partial charge is 0.346 e. The Morgan fingerprint density at radius 1 is 1.22 bits per heavy atom. The minimum Gasteiger partial charge on any atom is -0.346 e. The molecule has 0 radical (unpaired) electrons. The maximum absolute atomic E-state index is 12.0. The molecule has 1 aromatic carbocycles. The molecule has 0 fully saturated rings. The molecule has 2 aromatic rings. The third kappa shape index (κ3) is 2.43. The number of thiol groups is 1. The fourth-order valence-electron chi connectivity index (χ4n) is 1.85. The summed E-state index contributed by atoms with van der Waals surface area (Å²) in [5.41, 5.74) is 2.77. The predicted molar refractivity (Wildman–Crippen MR) is 76.1 cm³/mol. The number of rotatable bonds is 2. The van der Waals surface area contributed by atoms with E-state index in [2.05, 4.69) is 12.6 Å². The van der Waals surface area contributed by atoms with E-state index in [9.17, 15) is 4.79 Å². The van der Waals surface area contributed by atoms with Crippen LogP contribution in [0.1, 0.15) is 10.5 Å².